The van der Waals surface area contributed by atoms with Crippen molar-refractivity contribution in [2.45, 2.75) is 66.4 Å². The van der Waals surface area contributed by atoms with E-state index < -0.39 is 17.9 Å². The van der Waals surface area contributed by atoms with E-state index >= 15 is 0 Å². The minimum Gasteiger partial charge on any atom is -0.454 e. The molecule has 1 atom stereocenters. The molecule has 1 heterocycles. The Morgan fingerprint density at radius 1 is 1.03 bits per heavy atom. The van der Waals surface area contributed by atoms with Crippen LogP contribution in [0.5, 0.6) is 0 Å². The molecule has 0 fully saturated rings. The molecule has 0 saturated carbocycles. The molecular weight excluding hydrogens is 382 g/mol. The second-order valence-corrected chi connectivity index (χ2v) is 7.55. The van der Waals surface area contributed by atoms with Crippen molar-refractivity contribution in [3.8, 4) is 0 Å². The van der Waals surface area contributed by atoms with Gasteiger partial charge in [0, 0.05) is 23.2 Å². The highest BCUT2D eigenvalue weighted by Gasteiger charge is 2.26. The number of ketones is 3. The van der Waals surface area contributed by atoms with Crippen LogP contribution >= 0.6 is 0 Å². The van der Waals surface area contributed by atoms with Gasteiger partial charge < -0.3 is 9.72 Å². The largest absolute Gasteiger partial charge is 0.454 e. The standard InChI is InChI=1S/C24H29NO5/c1-6-7-18-8-10-19(11-9-18)20(27)12-13-21(28)30-17(5)24(29)23-14(2)22(16(4)26)15(3)25-23/h8-11,17,25H,6-7,12-13H2,1-5H3/t17-/m1/s1. The molecule has 0 radical (unpaired) electrons. The average molecular weight is 411 g/mol. The van der Waals surface area contributed by atoms with Crippen LogP contribution in [0.1, 0.15) is 88.1 Å². The van der Waals surface area contributed by atoms with Crippen LogP contribution in [-0.4, -0.2) is 34.4 Å². The topological polar surface area (TPSA) is 93.3 Å². The Hall–Kier alpha value is -3.02. The Balaban J connectivity index is 1.93. The zero-order valence-corrected chi connectivity index (χ0v) is 18.3. The average Bonchev–Trinajstić information content (AvgIpc) is 3.00. The third-order valence-corrected chi connectivity index (χ3v) is 5.08. The fourth-order valence-corrected chi connectivity index (χ4v) is 3.54. The summed E-state index contributed by atoms with van der Waals surface area (Å²) in [5, 5.41) is 0. The first-order chi connectivity index (χ1) is 14.1. The molecule has 30 heavy (non-hydrogen) atoms. The van der Waals surface area contributed by atoms with Crippen LogP contribution in [0.4, 0.5) is 0 Å². The molecule has 0 amide bonds. The number of ether oxygens (including phenoxy) is 1. The summed E-state index contributed by atoms with van der Waals surface area (Å²) >= 11 is 0. The van der Waals surface area contributed by atoms with Gasteiger partial charge in [-0.15, -0.1) is 0 Å². The van der Waals surface area contributed by atoms with Crippen molar-refractivity contribution in [3.05, 3.63) is 57.9 Å². The molecule has 0 spiro atoms. The van der Waals surface area contributed by atoms with Gasteiger partial charge in [0.1, 0.15) is 0 Å². The van der Waals surface area contributed by atoms with E-state index in [1.165, 1.54) is 19.4 Å². The fourth-order valence-electron chi connectivity index (χ4n) is 3.54. The molecule has 2 rings (SSSR count). The van der Waals surface area contributed by atoms with Crippen LogP contribution in [0, 0.1) is 13.8 Å². The van der Waals surface area contributed by atoms with E-state index in [1.807, 2.05) is 12.1 Å². The van der Waals surface area contributed by atoms with Crippen molar-refractivity contribution in [1.29, 1.82) is 0 Å². The van der Waals surface area contributed by atoms with Gasteiger partial charge in [0.2, 0.25) is 5.78 Å². The lowest BCUT2D eigenvalue weighted by Crippen LogP contribution is -2.25. The van der Waals surface area contributed by atoms with E-state index in [9.17, 15) is 19.2 Å². The first kappa shape index (κ1) is 23.3. The number of Topliss-reactive ketones (excluding diaryl/α,β-unsaturated/α-hetero) is 3. The molecular formula is C24H29NO5. The van der Waals surface area contributed by atoms with Crippen LogP contribution < -0.4 is 0 Å². The summed E-state index contributed by atoms with van der Waals surface area (Å²) in [6, 6.07) is 7.39. The van der Waals surface area contributed by atoms with Crippen molar-refractivity contribution in [1.82, 2.24) is 4.98 Å². The molecule has 0 unspecified atom stereocenters. The highest BCUT2D eigenvalue weighted by atomic mass is 16.5. The van der Waals surface area contributed by atoms with Gasteiger partial charge in [-0.2, -0.15) is 0 Å². The maximum atomic E-state index is 12.6. The van der Waals surface area contributed by atoms with Gasteiger partial charge in [-0.3, -0.25) is 19.2 Å². The fraction of sp³-hybridized carbons (Fsp3) is 0.417. The summed E-state index contributed by atoms with van der Waals surface area (Å²) in [5.41, 5.74) is 3.63. The highest BCUT2D eigenvalue weighted by Crippen LogP contribution is 2.20. The number of H-pyrrole nitrogens is 1. The lowest BCUT2D eigenvalue weighted by molar-refractivity contribution is -0.146. The highest BCUT2D eigenvalue weighted by molar-refractivity contribution is 6.05. The quantitative estimate of drug-likeness (QED) is 0.457. The van der Waals surface area contributed by atoms with Crippen molar-refractivity contribution in [2.75, 3.05) is 0 Å². The number of aromatic nitrogens is 1. The lowest BCUT2D eigenvalue weighted by atomic mass is 10.0. The van der Waals surface area contributed by atoms with Crippen LogP contribution in [0.25, 0.3) is 0 Å². The molecule has 6 heteroatoms. The third-order valence-electron chi connectivity index (χ3n) is 5.08. The van der Waals surface area contributed by atoms with Crippen molar-refractivity contribution in [3.63, 3.8) is 0 Å². The Bertz CT molecular complexity index is 953. The number of aryl methyl sites for hydroxylation is 2. The zero-order chi connectivity index (χ0) is 22.4. The minimum atomic E-state index is -1.02. The summed E-state index contributed by atoms with van der Waals surface area (Å²) < 4.78 is 5.22. The summed E-state index contributed by atoms with van der Waals surface area (Å²) in [6.45, 7) is 8.42. The van der Waals surface area contributed by atoms with Gasteiger partial charge in [0.15, 0.2) is 17.7 Å². The predicted octanol–water partition coefficient (Wildman–Crippen LogP) is 4.56. The molecule has 0 saturated heterocycles. The van der Waals surface area contributed by atoms with Crippen LogP contribution in [0.2, 0.25) is 0 Å². The van der Waals surface area contributed by atoms with Crippen molar-refractivity contribution >= 4 is 23.3 Å². The van der Waals surface area contributed by atoms with E-state index in [1.54, 1.807) is 26.0 Å². The van der Waals surface area contributed by atoms with Gasteiger partial charge in [0.05, 0.1) is 12.1 Å². The predicted molar refractivity (Wildman–Crippen MR) is 114 cm³/mol. The normalized spacial score (nSPS) is 11.8. The van der Waals surface area contributed by atoms with Crippen LogP contribution in [0.15, 0.2) is 24.3 Å². The number of benzene rings is 1. The monoisotopic (exact) mass is 411 g/mol. The molecule has 0 aliphatic carbocycles. The summed E-state index contributed by atoms with van der Waals surface area (Å²) in [6.07, 6.45) is 0.891. The molecule has 1 aromatic heterocycles. The second kappa shape index (κ2) is 10.1. The Kier molecular flexibility index (Phi) is 7.86. The third kappa shape index (κ3) is 5.53. The van der Waals surface area contributed by atoms with E-state index in [4.69, 9.17) is 4.74 Å². The van der Waals surface area contributed by atoms with Gasteiger partial charge in [-0.1, -0.05) is 37.6 Å². The van der Waals surface area contributed by atoms with E-state index in [0.29, 0.717) is 22.4 Å². The number of carbonyl (C=O) groups is 4. The first-order valence-electron chi connectivity index (χ1n) is 10.2. The van der Waals surface area contributed by atoms with E-state index in [2.05, 4.69) is 11.9 Å². The molecule has 1 N–H and O–H groups in total. The Morgan fingerprint density at radius 3 is 2.20 bits per heavy atom. The maximum Gasteiger partial charge on any atom is 0.306 e. The number of hydrogen-bond donors (Lipinski definition) is 1. The molecule has 0 aliphatic rings. The molecule has 160 valence electrons. The number of carbonyl (C=O) groups excluding carboxylic acids is 4. The van der Waals surface area contributed by atoms with Gasteiger partial charge >= 0.3 is 5.97 Å². The SMILES string of the molecule is CCCc1ccc(C(=O)CCC(=O)O[C@H](C)C(=O)c2[nH]c(C)c(C(C)=O)c2C)cc1. The minimum absolute atomic E-state index is 0.0159. The maximum absolute atomic E-state index is 12.6. The van der Waals surface area contributed by atoms with Gasteiger partial charge in [-0.05, 0) is 45.2 Å². The van der Waals surface area contributed by atoms with E-state index in [0.717, 1.165) is 12.8 Å². The van der Waals surface area contributed by atoms with Crippen LogP contribution in [0.3, 0.4) is 0 Å². The molecule has 6 nitrogen and oxygen atoms in total. The number of hydrogen-bond acceptors (Lipinski definition) is 5. The van der Waals surface area contributed by atoms with Crippen LogP contribution in [-0.2, 0) is 16.0 Å². The summed E-state index contributed by atoms with van der Waals surface area (Å²) in [4.78, 5) is 51.7. The zero-order valence-electron chi connectivity index (χ0n) is 18.3. The van der Waals surface area contributed by atoms with Gasteiger partial charge in [-0.25, -0.2) is 0 Å². The molecule has 1 aromatic carbocycles. The summed E-state index contributed by atoms with van der Waals surface area (Å²) in [5.74, 6) is -1.30. The summed E-state index contributed by atoms with van der Waals surface area (Å²) in [7, 11) is 0. The van der Waals surface area contributed by atoms with Crippen molar-refractivity contribution in [2.24, 2.45) is 0 Å². The van der Waals surface area contributed by atoms with E-state index in [-0.39, 0.29) is 30.1 Å². The van der Waals surface area contributed by atoms with Gasteiger partial charge in [0.25, 0.3) is 0 Å². The molecule has 0 bridgehead atoms. The van der Waals surface area contributed by atoms with Crippen molar-refractivity contribution < 1.29 is 23.9 Å². The first-order valence-corrected chi connectivity index (χ1v) is 10.2. The number of rotatable bonds is 10. The number of aromatic amines is 1. The molecule has 0 aliphatic heterocycles. The number of nitrogens with one attached hydrogen (secondary N) is 1. The lowest BCUT2D eigenvalue weighted by Gasteiger charge is -2.12. The Labute approximate surface area is 177 Å². The second-order valence-electron chi connectivity index (χ2n) is 7.55. The molecule has 2 aromatic rings. The Morgan fingerprint density at radius 2 is 1.67 bits per heavy atom. The number of esters is 1. The smallest absolute Gasteiger partial charge is 0.306 e.